The van der Waals surface area contributed by atoms with Crippen LogP contribution in [0.4, 0.5) is 0 Å². The number of hydrogen-bond donors (Lipinski definition) is 2. The summed E-state index contributed by atoms with van der Waals surface area (Å²) in [6.45, 7) is 0. The van der Waals surface area contributed by atoms with Gasteiger partial charge in [0.1, 0.15) is 5.75 Å². The number of rotatable bonds is 4. The molecule has 1 heterocycles. The lowest BCUT2D eigenvalue weighted by Crippen LogP contribution is -2.05. The average molecular weight is 263 g/mol. The fraction of sp³-hybridized carbons (Fsp3) is 0.0833. The Morgan fingerprint density at radius 1 is 1.16 bits per heavy atom. The summed E-state index contributed by atoms with van der Waals surface area (Å²) in [5.74, 6) is -3.10. The first kappa shape index (κ1) is 12.6. The highest BCUT2D eigenvalue weighted by atomic mass is 16.5. The van der Waals surface area contributed by atoms with Gasteiger partial charge in [-0.15, -0.1) is 0 Å². The first-order valence-electron chi connectivity index (χ1n) is 5.14. The van der Waals surface area contributed by atoms with Gasteiger partial charge in [-0.1, -0.05) is 0 Å². The quantitative estimate of drug-likeness (QED) is 0.864. The fourth-order valence-corrected chi connectivity index (χ4v) is 1.47. The van der Waals surface area contributed by atoms with Crippen molar-refractivity contribution >= 4 is 11.9 Å². The Bertz CT molecular complexity index is 597. The first-order valence-corrected chi connectivity index (χ1v) is 5.14. The SMILES string of the molecule is COc1ccc(-c2nc(C(=O)O)c(C(=O)O)o2)cc1. The van der Waals surface area contributed by atoms with E-state index in [0.717, 1.165) is 0 Å². The van der Waals surface area contributed by atoms with Crippen LogP contribution in [-0.4, -0.2) is 34.2 Å². The summed E-state index contributed by atoms with van der Waals surface area (Å²) in [4.78, 5) is 25.4. The molecule has 2 N–H and O–H groups in total. The third-order valence-corrected chi connectivity index (χ3v) is 2.36. The van der Waals surface area contributed by atoms with Crippen molar-refractivity contribution in [2.24, 2.45) is 0 Å². The van der Waals surface area contributed by atoms with E-state index >= 15 is 0 Å². The largest absolute Gasteiger partial charge is 0.497 e. The summed E-state index contributed by atoms with van der Waals surface area (Å²) in [7, 11) is 1.51. The van der Waals surface area contributed by atoms with Crippen LogP contribution in [0.1, 0.15) is 21.0 Å². The van der Waals surface area contributed by atoms with E-state index in [1.807, 2.05) is 0 Å². The monoisotopic (exact) mass is 263 g/mol. The third kappa shape index (κ3) is 2.39. The minimum absolute atomic E-state index is 0.0718. The number of carboxylic acids is 2. The van der Waals surface area contributed by atoms with Gasteiger partial charge in [0.05, 0.1) is 7.11 Å². The van der Waals surface area contributed by atoms with E-state index in [1.165, 1.54) is 7.11 Å². The maximum Gasteiger partial charge on any atom is 0.374 e. The van der Waals surface area contributed by atoms with Crippen molar-refractivity contribution in [3.8, 4) is 17.2 Å². The Hall–Kier alpha value is -2.83. The summed E-state index contributed by atoms with van der Waals surface area (Å²) < 4.78 is 9.94. The van der Waals surface area contributed by atoms with Crippen LogP contribution in [0.15, 0.2) is 28.7 Å². The lowest BCUT2D eigenvalue weighted by molar-refractivity contribution is 0.0624. The average Bonchev–Trinajstić information content (AvgIpc) is 2.84. The summed E-state index contributed by atoms with van der Waals surface area (Å²) in [6, 6.07) is 6.42. The van der Waals surface area contributed by atoms with Gasteiger partial charge in [-0.3, -0.25) is 0 Å². The first-order chi connectivity index (χ1) is 9.02. The van der Waals surface area contributed by atoms with E-state index in [4.69, 9.17) is 19.4 Å². The Morgan fingerprint density at radius 3 is 2.21 bits per heavy atom. The van der Waals surface area contributed by atoms with Gasteiger partial charge in [-0.05, 0) is 24.3 Å². The number of aromatic carboxylic acids is 2. The maximum atomic E-state index is 10.9. The van der Waals surface area contributed by atoms with Crippen molar-refractivity contribution in [1.29, 1.82) is 0 Å². The number of aromatic nitrogens is 1. The molecule has 7 nitrogen and oxygen atoms in total. The Kier molecular flexibility index (Phi) is 3.19. The molecule has 0 amide bonds. The minimum Gasteiger partial charge on any atom is -0.497 e. The molecule has 0 aliphatic rings. The van der Waals surface area contributed by atoms with Gasteiger partial charge in [0.2, 0.25) is 17.3 Å². The molecule has 2 aromatic rings. The van der Waals surface area contributed by atoms with Crippen molar-refractivity contribution in [2.75, 3.05) is 7.11 Å². The van der Waals surface area contributed by atoms with Crippen LogP contribution in [0, 0.1) is 0 Å². The molecule has 0 bridgehead atoms. The molecule has 0 saturated heterocycles. The predicted molar refractivity (Wildman–Crippen MR) is 62.4 cm³/mol. The zero-order valence-electron chi connectivity index (χ0n) is 9.78. The summed E-state index contributed by atoms with van der Waals surface area (Å²) >= 11 is 0. The molecule has 1 aromatic carbocycles. The fourth-order valence-electron chi connectivity index (χ4n) is 1.47. The highest BCUT2D eigenvalue weighted by molar-refractivity contribution is 5.98. The topological polar surface area (TPSA) is 110 Å². The van der Waals surface area contributed by atoms with Crippen molar-refractivity contribution in [2.45, 2.75) is 0 Å². The zero-order valence-corrected chi connectivity index (χ0v) is 9.78. The van der Waals surface area contributed by atoms with E-state index < -0.39 is 23.4 Å². The molecule has 1 aromatic heterocycles. The van der Waals surface area contributed by atoms with Crippen LogP contribution in [0.5, 0.6) is 5.75 Å². The molecule has 19 heavy (non-hydrogen) atoms. The van der Waals surface area contributed by atoms with Crippen LogP contribution in [0.3, 0.4) is 0 Å². The van der Waals surface area contributed by atoms with E-state index in [-0.39, 0.29) is 5.89 Å². The number of oxazole rings is 1. The van der Waals surface area contributed by atoms with E-state index in [1.54, 1.807) is 24.3 Å². The lowest BCUT2D eigenvalue weighted by Gasteiger charge is -1.99. The van der Waals surface area contributed by atoms with Crippen molar-refractivity contribution in [1.82, 2.24) is 4.98 Å². The van der Waals surface area contributed by atoms with Gasteiger partial charge in [0.25, 0.3) is 0 Å². The predicted octanol–water partition coefficient (Wildman–Crippen LogP) is 1.75. The molecule has 0 fully saturated rings. The molecule has 0 radical (unpaired) electrons. The molecule has 7 heteroatoms. The van der Waals surface area contributed by atoms with Crippen LogP contribution in [0.25, 0.3) is 11.5 Å². The van der Waals surface area contributed by atoms with Gasteiger partial charge < -0.3 is 19.4 Å². The second-order valence-electron chi connectivity index (χ2n) is 3.54. The van der Waals surface area contributed by atoms with Crippen LogP contribution >= 0.6 is 0 Å². The smallest absolute Gasteiger partial charge is 0.374 e. The number of hydrogen-bond acceptors (Lipinski definition) is 5. The highest BCUT2D eigenvalue weighted by Crippen LogP contribution is 2.24. The van der Waals surface area contributed by atoms with Gasteiger partial charge >= 0.3 is 11.9 Å². The number of ether oxygens (including phenoxy) is 1. The number of carbonyl (C=O) groups is 2. The molecule has 0 aliphatic carbocycles. The lowest BCUT2D eigenvalue weighted by atomic mass is 10.2. The van der Waals surface area contributed by atoms with Crippen LogP contribution in [-0.2, 0) is 0 Å². The molecular formula is C12H9NO6. The molecule has 0 spiro atoms. The maximum absolute atomic E-state index is 10.9. The van der Waals surface area contributed by atoms with Crippen LogP contribution in [0.2, 0.25) is 0 Å². The van der Waals surface area contributed by atoms with Gasteiger partial charge in [0, 0.05) is 5.56 Å². The van der Waals surface area contributed by atoms with Gasteiger partial charge in [0.15, 0.2) is 0 Å². The molecule has 0 saturated carbocycles. The van der Waals surface area contributed by atoms with E-state index in [0.29, 0.717) is 11.3 Å². The summed E-state index contributed by atoms with van der Waals surface area (Å²) in [6.07, 6.45) is 0. The Balaban J connectivity index is 2.47. The Morgan fingerprint density at radius 2 is 1.79 bits per heavy atom. The van der Waals surface area contributed by atoms with Gasteiger partial charge in [-0.2, -0.15) is 0 Å². The molecule has 0 aliphatic heterocycles. The Labute approximate surface area is 107 Å². The highest BCUT2D eigenvalue weighted by Gasteiger charge is 2.25. The van der Waals surface area contributed by atoms with E-state index in [2.05, 4.69) is 4.98 Å². The van der Waals surface area contributed by atoms with Crippen molar-refractivity contribution in [3.05, 3.63) is 35.7 Å². The number of nitrogens with zero attached hydrogens (tertiary/aromatic N) is 1. The number of carboxylic acid groups (broad SMARTS) is 2. The second kappa shape index (κ2) is 4.81. The molecule has 2 rings (SSSR count). The molecule has 98 valence electrons. The zero-order chi connectivity index (χ0) is 14.0. The number of methoxy groups -OCH3 is 1. The van der Waals surface area contributed by atoms with Gasteiger partial charge in [-0.25, -0.2) is 14.6 Å². The molecule has 0 atom stereocenters. The van der Waals surface area contributed by atoms with Crippen LogP contribution < -0.4 is 4.74 Å². The minimum atomic E-state index is -1.48. The molecule has 0 unspecified atom stereocenters. The third-order valence-electron chi connectivity index (χ3n) is 2.36. The second-order valence-corrected chi connectivity index (χ2v) is 3.54. The normalized spacial score (nSPS) is 10.2. The molecular weight excluding hydrogens is 254 g/mol. The summed E-state index contributed by atoms with van der Waals surface area (Å²) in [5, 5.41) is 17.7. The number of benzene rings is 1. The van der Waals surface area contributed by atoms with E-state index in [9.17, 15) is 9.59 Å². The van der Waals surface area contributed by atoms with Crippen molar-refractivity contribution in [3.63, 3.8) is 0 Å². The van der Waals surface area contributed by atoms with Crippen molar-refractivity contribution < 1.29 is 29.0 Å². The standard InChI is InChI=1S/C12H9NO6/c1-18-7-4-2-6(3-5-7)10-13-8(11(14)15)9(19-10)12(16)17/h2-5H,1H3,(H,14,15)(H,16,17). The summed E-state index contributed by atoms with van der Waals surface area (Å²) in [5.41, 5.74) is -0.172.